The first-order chi connectivity index (χ1) is 12.2. The monoisotopic (exact) mass is 365 g/mol. The zero-order valence-electron chi connectivity index (χ0n) is 14.8. The number of benzene rings is 1. The molecule has 1 aromatic carbocycles. The number of alkyl halides is 1. The Morgan fingerprint density at radius 1 is 1.23 bits per heavy atom. The summed E-state index contributed by atoms with van der Waals surface area (Å²) >= 11 is 0. The second-order valence-corrected chi connectivity index (χ2v) is 7.28. The SMILES string of the molecule is CC(C)(F)C(=O)N[C@H]1CC[C@@H](n2cnc(-c3ccc(F)cc3F)c2)CC1. The van der Waals surface area contributed by atoms with Crippen molar-refractivity contribution >= 4 is 5.91 Å². The molecule has 1 fully saturated rings. The number of carbonyl (C=O) groups is 1. The minimum atomic E-state index is -1.88. The maximum Gasteiger partial charge on any atom is 0.257 e. The first kappa shape index (κ1) is 18.5. The number of hydrogen-bond acceptors (Lipinski definition) is 2. The Bertz CT molecular complexity index is 790. The lowest BCUT2D eigenvalue weighted by Crippen LogP contribution is -2.45. The second kappa shape index (κ2) is 7.13. The fourth-order valence-corrected chi connectivity index (χ4v) is 3.25. The largest absolute Gasteiger partial charge is 0.351 e. The third kappa shape index (κ3) is 4.08. The normalized spacial score (nSPS) is 20.8. The molecule has 0 spiro atoms. The van der Waals surface area contributed by atoms with E-state index in [2.05, 4.69) is 10.3 Å². The van der Waals surface area contributed by atoms with Gasteiger partial charge < -0.3 is 9.88 Å². The molecule has 1 aliphatic rings. The van der Waals surface area contributed by atoms with E-state index in [1.807, 2.05) is 4.57 Å². The Kier molecular flexibility index (Phi) is 5.07. The summed E-state index contributed by atoms with van der Waals surface area (Å²) in [6, 6.07) is 3.58. The number of carbonyl (C=O) groups excluding carboxylic acids is 1. The first-order valence-corrected chi connectivity index (χ1v) is 8.73. The van der Waals surface area contributed by atoms with Crippen LogP contribution in [-0.4, -0.2) is 27.2 Å². The van der Waals surface area contributed by atoms with Gasteiger partial charge in [-0.2, -0.15) is 0 Å². The van der Waals surface area contributed by atoms with Crippen LogP contribution in [0.1, 0.15) is 45.6 Å². The molecular formula is C19H22F3N3O. The molecule has 1 heterocycles. The van der Waals surface area contributed by atoms with Crippen molar-refractivity contribution in [3.8, 4) is 11.3 Å². The van der Waals surface area contributed by atoms with Crippen LogP contribution in [0.5, 0.6) is 0 Å². The molecule has 26 heavy (non-hydrogen) atoms. The highest BCUT2D eigenvalue weighted by atomic mass is 19.1. The van der Waals surface area contributed by atoms with Crippen molar-refractivity contribution < 1.29 is 18.0 Å². The second-order valence-electron chi connectivity index (χ2n) is 7.28. The van der Waals surface area contributed by atoms with Gasteiger partial charge in [0.2, 0.25) is 0 Å². The molecule has 1 amide bonds. The molecule has 1 N–H and O–H groups in total. The lowest BCUT2D eigenvalue weighted by Gasteiger charge is -2.30. The van der Waals surface area contributed by atoms with E-state index in [0.29, 0.717) is 5.69 Å². The number of aromatic nitrogens is 2. The summed E-state index contributed by atoms with van der Waals surface area (Å²) in [4.78, 5) is 16.0. The Morgan fingerprint density at radius 2 is 1.92 bits per heavy atom. The number of nitrogens with one attached hydrogen (secondary N) is 1. The van der Waals surface area contributed by atoms with E-state index < -0.39 is 23.2 Å². The highest BCUT2D eigenvalue weighted by molar-refractivity contribution is 5.84. The van der Waals surface area contributed by atoms with E-state index in [9.17, 15) is 18.0 Å². The van der Waals surface area contributed by atoms with Crippen molar-refractivity contribution in [1.29, 1.82) is 0 Å². The summed E-state index contributed by atoms with van der Waals surface area (Å²) in [6.45, 7) is 2.49. The predicted molar refractivity (Wildman–Crippen MR) is 92.2 cm³/mol. The molecule has 1 aromatic heterocycles. The quantitative estimate of drug-likeness (QED) is 0.884. The molecule has 0 bridgehead atoms. The molecule has 2 aromatic rings. The van der Waals surface area contributed by atoms with Crippen LogP contribution in [0.15, 0.2) is 30.7 Å². The number of rotatable bonds is 4. The molecule has 1 saturated carbocycles. The van der Waals surface area contributed by atoms with Crippen molar-refractivity contribution in [3.05, 3.63) is 42.4 Å². The molecule has 3 rings (SSSR count). The third-order valence-corrected chi connectivity index (χ3v) is 4.80. The molecule has 140 valence electrons. The van der Waals surface area contributed by atoms with Gasteiger partial charge in [-0.05, 0) is 51.7 Å². The summed E-state index contributed by atoms with van der Waals surface area (Å²) in [7, 11) is 0. The van der Waals surface area contributed by atoms with E-state index in [1.165, 1.54) is 26.0 Å². The van der Waals surface area contributed by atoms with Gasteiger partial charge in [0.05, 0.1) is 12.0 Å². The van der Waals surface area contributed by atoms with Gasteiger partial charge in [-0.1, -0.05) is 0 Å². The first-order valence-electron chi connectivity index (χ1n) is 8.73. The molecule has 0 unspecified atom stereocenters. The number of halogens is 3. The summed E-state index contributed by atoms with van der Waals surface area (Å²) < 4.78 is 42.5. The lowest BCUT2D eigenvalue weighted by atomic mass is 9.90. The fraction of sp³-hybridized carbons (Fsp3) is 0.474. The van der Waals surface area contributed by atoms with Crippen molar-refractivity contribution in [3.63, 3.8) is 0 Å². The van der Waals surface area contributed by atoms with Gasteiger partial charge >= 0.3 is 0 Å². The Morgan fingerprint density at radius 3 is 2.54 bits per heavy atom. The van der Waals surface area contributed by atoms with Crippen LogP contribution >= 0.6 is 0 Å². The zero-order chi connectivity index (χ0) is 18.9. The highest BCUT2D eigenvalue weighted by Crippen LogP contribution is 2.31. The number of amides is 1. The third-order valence-electron chi connectivity index (χ3n) is 4.80. The van der Waals surface area contributed by atoms with E-state index in [1.54, 1.807) is 12.5 Å². The van der Waals surface area contributed by atoms with Crippen LogP contribution in [0.2, 0.25) is 0 Å². The van der Waals surface area contributed by atoms with Crippen LogP contribution in [0.3, 0.4) is 0 Å². The number of hydrogen-bond donors (Lipinski definition) is 1. The summed E-state index contributed by atoms with van der Waals surface area (Å²) in [6.07, 6.45) is 6.49. The summed E-state index contributed by atoms with van der Waals surface area (Å²) in [5.41, 5.74) is -1.16. The van der Waals surface area contributed by atoms with E-state index >= 15 is 0 Å². The van der Waals surface area contributed by atoms with Crippen LogP contribution < -0.4 is 5.32 Å². The van der Waals surface area contributed by atoms with E-state index in [0.717, 1.165) is 31.7 Å². The fourth-order valence-electron chi connectivity index (χ4n) is 3.25. The highest BCUT2D eigenvalue weighted by Gasteiger charge is 2.30. The van der Waals surface area contributed by atoms with Gasteiger partial charge in [-0.3, -0.25) is 4.79 Å². The van der Waals surface area contributed by atoms with Crippen LogP contribution in [0, 0.1) is 11.6 Å². The Balaban J connectivity index is 1.62. The van der Waals surface area contributed by atoms with Crippen molar-refractivity contribution in [2.24, 2.45) is 0 Å². The Hall–Kier alpha value is -2.31. The van der Waals surface area contributed by atoms with Crippen LogP contribution in [0.4, 0.5) is 13.2 Å². The van der Waals surface area contributed by atoms with Crippen LogP contribution in [0.25, 0.3) is 11.3 Å². The lowest BCUT2D eigenvalue weighted by molar-refractivity contribution is -0.131. The van der Waals surface area contributed by atoms with Crippen molar-refractivity contribution in [1.82, 2.24) is 14.9 Å². The topological polar surface area (TPSA) is 46.9 Å². The average molecular weight is 365 g/mol. The zero-order valence-corrected chi connectivity index (χ0v) is 14.8. The van der Waals surface area contributed by atoms with Gasteiger partial charge in [-0.25, -0.2) is 18.2 Å². The maximum absolute atomic E-state index is 13.9. The van der Waals surface area contributed by atoms with Crippen molar-refractivity contribution in [2.45, 2.75) is 57.3 Å². The predicted octanol–water partition coefficient (Wildman–Crippen LogP) is 4.18. The smallest absolute Gasteiger partial charge is 0.257 e. The van der Waals surface area contributed by atoms with Gasteiger partial charge in [0.15, 0.2) is 5.67 Å². The molecule has 0 saturated heterocycles. The molecule has 1 aliphatic carbocycles. The van der Waals surface area contributed by atoms with E-state index in [-0.39, 0.29) is 17.6 Å². The van der Waals surface area contributed by atoms with Gasteiger partial charge in [0, 0.05) is 29.9 Å². The standard InChI is InChI=1S/C19H22F3N3O/c1-19(2,22)18(26)24-13-4-6-14(7-5-13)25-10-17(23-11-25)15-8-3-12(20)9-16(15)21/h3,8-11,13-14H,4-7H2,1-2H3,(H,24,26)/t13-,14+. The van der Waals surface area contributed by atoms with Crippen molar-refractivity contribution in [2.75, 3.05) is 0 Å². The summed E-state index contributed by atoms with van der Waals surface area (Å²) in [5, 5.41) is 2.75. The summed E-state index contributed by atoms with van der Waals surface area (Å²) in [5.74, 6) is -1.85. The molecule has 0 atom stereocenters. The molecule has 7 heteroatoms. The molecule has 0 radical (unpaired) electrons. The molecule has 4 nitrogen and oxygen atoms in total. The maximum atomic E-state index is 13.9. The van der Waals surface area contributed by atoms with Crippen LogP contribution in [-0.2, 0) is 4.79 Å². The number of nitrogens with zero attached hydrogens (tertiary/aromatic N) is 2. The minimum Gasteiger partial charge on any atom is -0.351 e. The Labute approximate surface area is 150 Å². The minimum absolute atomic E-state index is 0.0358. The van der Waals surface area contributed by atoms with Gasteiger partial charge in [0.1, 0.15) is 11.6 Å². The number of imidazole rings is 1. The van der Waals surface area contributed by atoms with Gasteiger partial charge in [-0.15, -0.1) is 0 Å². The molecule has 0 aliphatic heterocycles. The molecular weight excluding hydrogens is 343 g/mol. The average Bonchev–Trinajstić information content (AvgIpc) is 3.04. The van der Waals surface area contributed by atoms with E-state index in [4.69, 9.17) is 0 Å². The van der Waals surface area contributed by atoms with Gasteiger partial charge in [0.25, 0.3) is 5.91 Å².